The maximum Gasteiger partial charge on any atom is 0.342 e. The fraction of sp³-hybridized carbons (Fsp3) is 0.321. The van der Waals surface area contributed by atoms with Gasteiger partial charge in [-0.1, -0.05) is 29.9 Å². The van der Waals surface area contributed by atoms with Crippen molar-refractivity contribution in [2.45, 2.75) is 40.8 Å². The van der Waals surface area contributed by atoms with Crippen LogP contribution in [0.5, 0.6) is 23.0 Å². The van der Waals surface area contributed by atoms with E-state index < -0.39 is 51.7 Å². The molecular weight excluding hydrogens is 572 g/mol. The highest BCUT2D eigenvalue weighted by molar-refractivity contribution is 8.78. The lowest BCUT2D eigenvalue weighted by Gasteiger charge is -2.60. The molecule has 0 aliphatic carbocycles. The van der Waals surface area contributed by atoms with Crippen LogP contribution in [0.15, 0.2) is 60.6 Å². The molecule has 6 atom stereocenters. The van der Waals surface area contributed by atoms with Crippen molar-refractivity contribution < 1.29 is 43.5 Å². The van der Waals surface area contributed by atoms with Crippen LogP contribution in [-0.4, -0.2) is 79.9 Å². The Balaban J connectivity index is 1.51. The number of fused-ring (bicyclic) bond motifs is 5. The number of hydrogen-bond acceptors (Lipinski definition) is 11. The summed E-state index contributed by atoms with van der Waals surface area (Å²) in [5.74, 6) is -2.24. The van der Waals surface area contributed by atoms with E-state index in [1.54, 1.807) is 31.3 Å². The van der Waals surface area contributed by atoms with E-state index in [4.69, 9.17) is 18.9 Å². The van der Waals surface area contributed by atoms with Crippen LogP contribution in [0.1, 0.15) is 28.8 Å². The first-order valence-corrected chi connectivity index (χ1v) is 14.9. The number of carbonyl (C=O) groups is 3. The number of amides is 2. The van der Waals surface area contributed by atoms with Crippen LogP contribution in [0.4, 0.5) is 0 Å². The van der Waals surface area contributed by atoms with E-state index in [1.165, 1.54) is 58.4 Å². The molecule has 2 spiro atoms. The number of phenols is 1. The molecule has 6 heterocycles. The zero-order valence-electron chi connectivity index (χ0n) is 22.0. The topological polar surface area (TPSA) is 135 Å². The molecule has 0 radical (unpaired) electrons. The number of rotatable bonds is 1. The summed E-state index contributed by atoms with van der Waals surface area (Å²) in [5, 5.41) is 22.4. The van der Waals surface area contributed by atoms with Crippen molar-refractivity contribution >= 4 is 39.4 Å². The number of carbonyl (C=O) groups excluding carboxylic acids is 3. The Morgan fingerprint density at radius 2 is 1.85 bits per heavy atom. The second kappa shape index (κ2) is 8.84. The lowest BCUT2D eigenvalue weighted by Crippen LogP contribution is -2.79. The molecule has 212 valence electrons. The monoisotopic (exact) mass is 596 g/mol. The lowest BCUT2D eigenvalue weighted by molar-refractivity contribution is -0.170. The fourth-order valence-electron chi connectivity index (χ4n) is 6.24. The van der Waals surface area contributed by atoms with E-state index in [0.29, 0.717) is 5.56 Å². The van der Waals surface area contributed by atoms with Gasteiger partial charge in [-0.2, -0.15) is 0 Å². The minimum atomic E-state index is -1.69. The van der Waals surface area contributed by atoms with Gasteiger partial charge in [0.15, 0.2) is 27.9 Å². The molecule has 6 aliphatic heterocycles. The van der Waals surface area contributed by atoms with Crippen LogP contribution in [0.3, 0.4) is 0 Å². The zero-order chi connectivity index (χ0) is 28.8. The highest BCUT2D eigenvalue weighted by Gasteiger charge is 2.78. The largest absolute Gasteiger partial charge is 0.504 e. The summed E-state index contributed by atoms with van der Waals surface area (Å²) < 4.78 is 23.1. The SMILES string of the molecule is COc1cccc2c1Oc1cc(ccc1O)C(C)C13SSC4(C(=O)N1C)C(O)C1=COC=CC(OC2=O)C1N4C3=O. The molecule has 2 aromatic rings. The molecule has 11 nitrogen and oxygen atoms in total. The van der Waals surface area contributed by atoms with Crippen molar-refractivity contribution in [3.05, 3.63) is 71.7 Å². The summed E-state index contributed by atoms with van der Waals surface area (Å²) in [5.41, 5.74) is 0.836. The van der Waals surface area contributed by atoms with E-state index in [2.05, 4.69) is 0 Å². The van der Waals surface area contributed by atoms with Crippen molar-refractivity contribution in [3.63, 3.8) is 0 Å². The molecule has 2 N–H and O–H groups in total. The van der Waals surface area contributed by atoms with Gasteiger partial charge in [-0.15, -0.1) is 0 Å². The number of nitrogens with zero attached hydrogens (tertiary/aromatic N) is 2. The Kier molecular flexibility index (Phi) is 5.63. The molecule has 0 saturated carbocycles. The van der Waals surface area contributed by atoms with Gasteiger partial charge in [-0.25, -0.2) is 4.79 Å². The maximum absolute atomic E-state index is 14.7. The molecule has 2 aromatic carbocycles. The van der Waals surface area contributed by atoms with Crippen LogP contribution in [0.25, 0.3) is 0 Å². The molecule has 2 amide bonds. The number of ether oxygens (including phenoxy) is 4. The van der Waals surface area contributed by atoms with Crippen LogP contribution in [0.2, 0.25) is 0 Å². The van der Waals surface area contributed by atoms with Crippen molar-refractivity contribution in [1.82, 2.24) is 9.80 Å². The summed E-state index contributed by atoms with van der Waals surface area (Å²) >= 11 is 0. The average molecular weight is 597 g/mol. The number of methoxy groups -OCH3 is 1. The zero-order valence-corrected chi connectivity index (χ0v) is 23.6. The number of likely N-dealkylation sites (N-methyl/N-ethyl adjacent to an activating group) is 1. The number of para-hydroxylation sites is 1. The number of phenolic OH excluding ortho intramolecular Hbond substituents is 1. The molecule has 41 heavy (non-hydrogen) atoms. The average Bonchev–Trinajstić information content (AvgIpc) is 3.07. The Morgan fingerprint density at radius 1 is 1.07 bits per heavy atom. The van der Waals surface area contributed by atoms with Gasteiger partial charge in [0.1, 0.15) is 23.8 Å². The quantitative estimate of drug-likeness (QED) is 0.371. The second-order valence-corrected chi connectivity index (χ2v) is 12.9. The molecule has 6 aliphatic rings. The minimum absolute atomic E-state index is 0.000293. The summed E-state index contributed by atoms with van der Waals surface area (Å²) in [6, 6.07) is 8.33. The number of aliphatic hydroxyl groups is 1. The first-order valence-electron chi connectivity index (χ1n) is 12.7. The standard InChI is InChI=1S/C28H24N2O9S2/c1-13-14-7-8-17(31)20(11-14)38-22-15(5-4-6-19(22)36-3)24(33)39-18-9-10-37-12-16-21(18)30-26(35)27(13)29(2)25(34)28(30,23(16)32)41-40-27/h4-13,18,21,23,31-32H,1-3H3. The lowest BCUT2D eigenvalue weighted by atomic mass is 9.87. The van der Waals surface area contributed by atoms with Crippen LogP contribution in [-0.2, 0) is 19.1 Å². The van der Waals surface area contributed by atoms with Gasteiger partial charge in [0, 0.05) is 18.5 Å². The summed E-state index contributed by atoms with van der Waals surface area (Å²) in [6.07, 6.45) is 1.52. The van der Waals surface area contributed by atoms with Gasteiger partial charge in [0.05, 0.1) is 19.6 Å². The first-order chi connectivity index (χ1) is 19.7. The highest BCUT2D eigenvalue weighted by atomic mass is 33.1. The molecule has 8 rings (SSSR count). The summed E-state index contributed by atoms with van der Waals surface area (Å²) in [6.45, 7) is 1.82. The Labute approximate surface area is 242 Å². The molecule has 6 unspecified atom stereocenters. The first kappa shape index (κ1) is 26.1. The molecule has 4 saturated heterocycles. The molecule has 5 bridgehead atoms. The predicted octanol–water partition coefficient (Wildman–Crippen LogP) is 3.09. The van der Waals surface area contributed by atoms with Gasteiger partial charge in [-0.3, -0.25) is 9.59 Å². The van der Waals surface area contributed by atoms with Crippen LogP contribution >= 0.6 is 21.6 Å². The summed E-state index contributed by atoms with van der Waals surface area (Å²) in [7, 11) is 5.29. The highest BCUT2D eigenvalue weighted by Crippen LogP contribution is 2.67. The van der Waals surface area contributed by atoms with E-state index in [0.717, 1.165) is 10.8 Å². The normalized spacial score (nSPS) is 33.2. The number of esters is 1. The Hall–Kier alpha value is -3.81. The number of piperazine rings is 1. The predicted molar refractivity (Wildman–Crippen MR) is 147 cm³/mol. The number of benzene rings is 2. The number of hydrogen-bond donors (Lipinski definition) is 2. The number of aliphatic hydroxyl groups excluding tert-OH is 1. The van der Waals surface area contributed by atoms with E-state index in [9.17, 15) is 24.6 Å². The van der Waals surface area contributed by atoms with Crippen LogP contribution < -0.4 is 9.47 Å². The van der Waals surface area contributed by atoms with Crippen molar-refractivity contribution in [1.29, 1.82) is 0 Å². The van der Waals surface area contributed by atoms with Gasteiger partial charge in [0.2, 0.25) is 4.87 Å². The van der Waals surface area contributed by atoms with Gasteiger partial charge in [-0.05, 0) is 46.7 Å². The molecule has 4 fully saturated rings. The third-order valence-corrected chi connectivity index (χ3v) is 12.2. The Morgan fingerprint density at radius 3 is 2.63 bits per heavy atom. The molecule has 13 heteroatoms. The van der Waals surface area contributed by atoms with Crippen molar-refractivity contribution in [2.75, 3.05) is 14.2 Å². The number of aromatic hydroxyl groups is 1. The van der Waals surface area contributed by atoms with Gasteiger partial charge < -0.3 is 39.0 Å². The summed E-state index contributed by atoms with van der Waals surface area (Å²) in [4.78, 5) is 42.2. The second-order valence-electron chi connectivity index (χ2n) is 10.3. The third kappa shape index (κ3) is 3.19. The molecule has 0 aromatic heterocycles. The Bertz CT molecular complexity index is 1590. The van der Waals surface area contributed by atoms with E-state index in [1.807, 2.05) is 6.92 Å². The van der Waals surface area contributed by atoms with Crippen LogP contribution in [0, 0.1) is 0 Å². The minimum Gasteiger partial charge on any atom is -0.504 e. The fourth-order valence-corrected chi connectivity index (χ4v) is 10.3. The van der Waals surface area contributed by atoms with E-state index in [-0.39, 0.29) is 34.1 Å². The van der Waals surface area contributed by atoms with Crippen molar-refractivity contribution in [3.8, 4) is 23.0 Å². The molecular formula is C28H24N2O9S2. The third-order valence-electron chi connectivity index (χ3n) is 8.40. The van der Waals surface area contributed by atoms with Gasteiger partial charge >= 0.3 is 5.97 Å². The smallest absolute Gasteiger partial charge is 0.342 e. The van der Waals surface area contributed by atoms with Crippen molar-refractivity contribution in [2.24, 2.45) is 0 Å². The maximum atomic E-state index is 14.7. The van der Waals surface area contributed by atoms with E-state index >= 15 is 0 Å². The van der Waals surface area contributed by atoms with Gasteiger partial charge in [0.25, 0.3) is 11.8 Å².